The van der Waals surface area contributed by atoms with Crippen LogP contribution in [0.3, 0.4) is 0 Å². The molecule has 31 heavy (non-hydrogen) atoms. The zero-order valence-corrected chi connectivity index (χ0v) is 18.1. The van der Waals surface area contributed by atoms with E-state index in [1.54, 1.807) is 24.3 Å². The van der Waals surface area contributed by atoms with Crippen LogP contribution < -0.4 is 25.2 Å². The van der Waals surface area contributed by atoms with Crippen LogP contribution in [0.4, 0.5) is 5.69 Å². The Morgan fingerprint density at radius 2 is 1.87 bits per heavy atom. The number of nitrogens with zero attached hydrogens (tertiary/aromatic N) is 1. The van der Waals surface area contributed by atoms with Gasteiger partial charge in [0.25, 0.3) is 11.8 Å². The van der Waals surface area contributed by atoms with E-state index in [2.05, 4.69) is 10.9 Å². The average Bonchev–Trinajstić information content (AvgIpc) is 3.21. The van der Waals surface area contributed by atoms with E-state index in [9.17, 15) is 14.4 Å². The monoisotopic (exact) mass is 445 g/mol. The summed E-state index contributed by atoms with van der Waals surface area (Å²) in [6.07, 6.45) is 1.97. The molecular weight excluding hydrogens is 422 g/mol. The fourth-order valence-electron chi connectivity index (χ4n) is 3.22. The molecule has 0 aromatic heterocycles. The molecule has 1 fully saturated rings. The number of nitrogens with one attached hydrogen (secondary N) is 2. The maximum Gasteiger partial charge on any atom is 0.271 e. The van der Waals surface area contributed by atoms with Crippen LogP contribution in [0.2, 0.25) is 5.02 Å². The lowest BCUT2D eigenvalue weighted by Crippen LogP contribution is -2.42. The smallest absolute Gasteiger partial charge is 0.271 e. The lowest BCUT2D eigenvalue weighted by atomic mass is 10.1. The predicted octanol–water partition coefficient (Wildman–Crippen LogP) is 3.34. The van der Waals surface area contributed by atoms with Crippen LogP contribution in [0.25, 0.3) is 0 Å². The van der Waals surface area contributed by atoms with Gasteiger partial charge in [-0.05, 0) is 49.2 Å². The number of halogens is 1. The predicted molar refractivity (Wildman–Crippen MR) is 117 cm³/mol. The molecule has 0 aliphatic carbocycles. The summed E-state index contributed by atoms with van der Waals surface area (Å²) in [5.74, 6) is -0.208. The van der Waals surface area contributed by atoms with Crippen LogP contribution in [0.1, 0.15) is 46.9 Å². The van der Waals surface area contributed by atoms with E-state index in [1.807, 2.05) is 6.92 Å². The standard InChI is InChI=1S/C22H24ClN3O5/c1-3-11-31-18-9-6-14(12-19(18)30-2)21(28)24-25-22(29)16-8-7-15(23)13-17(16)26-10-4-5-20(26)27/h6-9,12-13H,3-5,10-11H2,1-2H3,(H,24,28)(H,25,29). The molecule has 0 saturated carbocycles. The number of anilines is 1. The third-order valence-electron chi connectivity index (χ3n) is 4.75. The molecule has 2 aromatic carbocycles. The van der Waals surface area contributed by atoms with Gasteiger partial charge in [-0.2, -0.15) is 0 Å². The first-order valence-corrected chi connectivity index (χ1v) is 10.3. The number of ether oxygens (including phenoxy) is 2. The molecule has 9 heteroatoms. The molecule has 1 heterocycles. The third-order valence-corrected chi connectivity index (χ3v) is 4.98. The summed E-state index contributed by atoms with van der Waals surface area (Å²) in [4.78, 5) is 38.9. The number of rotatable bonds is 7. The average molecular weight is 446 g/mol. The van der Waals surface area contributed by atoms with Gasteiger partial charge >= 0.3 is 0 Å². The Hall–Kier alpha value is -3.26. The van der Waals surface area contributed by atoms with Gasteiger partial charge in [-0.25, -0.2) is 0 Å². The van der Waals surface area contributed by atoms with E-state index in [0.717, 1.165) is 6.42 Å². The topological polar surface area (TPSA) is 97.0 Å². The SMILES string of the molecule is CCCOc1ccc(C(=O)NNC(=O)c2ccc(Cl)cc2N2CCCC2=O)cc1OC. The van der Waals surface area contributed by atoms with Gasteiger partial charge in [0.2, 0.25) is 5.91 Å². The zero-order chi connectivity index (χ0) is 22.4. The maximum absolute atomic E-state index is 12.7. The fraction of sp³-hybridized carbons (Fsp3) is 0.318. The second-order valence-electron chi connectivity index (χ2n) is 6.93. The normalized spacial score (nSPS) is 13.1. The Bertz CT molecular complexity index is 995. The van der Waals surface area contributed by atoms with E-state index < -0.39 is 11.8 Å². The Labute approximate surface area is 185 Å². The summed E-state index contributed by atoms with van der Waals surface area (Å²) in [6, 6.07) is 9.40. The van der Waals surface area contributed by atoms with Crippen molar-refractivity contribution < 1.29 is 23.9 Å². The highest BCUT2D eigenvalue weighted by Gasteiger charge is 2.26. The quantitative estimate of drug-likeness (QED) is 0.637. The summed E-state index contributed by atoms with van der Waals surface area (Å²) in [5.41, 5.74) is 5.71. The second kappa shape index (κ2) is 10.2. The molecular formula is C22H24ClN3O5. The second-order valence-corrected chi connectivity index (χ2v) is 7.37. The van der Waals surface area contributed by atoms with Gasteiger partial charge < -0.3 is 14.4 Å². The van der Waals surface area contributed by atoms with Gasteiger partial charge in [-0.15, -0.1) is 0 Å². The number of hydrogen-bond donors (Lipinski definition) is 2. The molecule has 0 atom stereocenters. The number of hydrazine groups is 1. The maximum atomic E-state index is 12.7. The van der Waals surface area contributed by atoms with Crippen molar-refractivity contribution in [1.82, 2.24) is 10.9 Å². The minimum Gasteiger partial charge on any atom is -0.493 e. The number of carbonyl (C=O) groups is 3. The van der Waals surface area contributed by atoms with E-state index in [1.165, 1.54) is 24.1 Å². The molecule has 3 rings (SSSR count). The summed E-state index contributed by atoms with van der Waals surface area (Å²) in [6.45, 7) is 3.03. The number of hydrogen-bond acceptors (Lipinski definition) is 5. The number of carbonyl (C=O) groups excluding carboxylic acids is 3. The molecule has 0 unspecified atom stereocenters. The first kappa shape index (κ1) is 22.4. The van der Waals surface area contributed by atoms with Crippen molar-refractivity contribution >= 4 is 35.0 Å². The van der Waals surface area contributed by atoms with Crippen LogP contribution in [-0.4, -0.2) is 38.0 Å². The van der Waals surface area contributed by atoms with Crippen molar-refractivity contribution in [3.63, 3.8) is 0 Å². The number of amides is 3. The highest BCUT2D eigenvalue weighted by atomic mass is 35.5. The third kappa shape index (κ3) is 5.27. The van der Waals surface area contributed by atoms with Gasteiger partial charge in [0.15, 0.2) is 11.5 Å². The molecule has 0 radical (unpaired) electrons. The molecule has 2 aromatic rings. The lowest BCUT2D eigenvalue weighted by Gasteiger charge is -2.20. The largest absolute Gasteiger partial charge is 0.493 e. The highest BCUT2D eigenvalue weighted by molar-refractivity contribution is 6.31. The highest BCUT2D eigenvalue weighted by Crippen LogP contribution is 2.29. The van der Waals surface area contributed by atoms with Crippen LogP contribution in [0, 0.1) is 0 Å². The fourth-order valence-corrected chi connectivity index (χ4v) is 3.38. The van der Waals surface area contributed by atoms with Crippen LogP contribution >= 0.6 is 11.6 Å². The molecule has 8 nitrogen and oxygen atoms in total. The van der Waals surface area contributed by atoms with Crippen molar-refractivity contribution in [2.45, 2.75) is 26.2 Å². The van der Waals surface area contributed by atoms with Gasteiger partial charge in [0.05, 0.1) is 25.0 Å². The Morgan fingerprint density at radius 3 is 2.55 bits per heavy atom. The van der Waals surface area contributed by atoms with E-state index in [-0.39, 0.29) is 17.0 Å². The van der Waals surface area contributed by atoms with E-state index in [4.69, 9.17) is 21.1 Å². The summed E-state index contributed by atoms with van der Waals surface area (Å²) >= 11 is 6.07. The van der Waals surface area contributed by atoms with Gasteiger partial charge in [-0.3, -0.25) is 25.2 Å². The van der Waals surface area contributed by atoms with E-state index in [0.29, 0.717) is 48.2 Å². The number of benzene rings is 2. The number of methoxy groups -OCH3 is 1. The molecule has 1 aliphatic heterocycles. The van der Waals surface area contributed by atoms with Crippen molar-refractivity contribution in [3.05, 3.63) is 52.5 Å². The minimum atomic E-state index is -0.561. The summed E-state index contributed by atoms with van der Waals surface area (Å²) < 4.78 is 10.9. The van der Waals surface area contributed by atoms with Crippen molar-refractivity contribution in [2.24, 2.45) is 0 Å². The molecule has 164 valence electrons. The Balaban J connectivity index is 1.71. The summed E-state index contributed by atoms with van der Waals surface area (Å²) in [7, 11) is 1.49. The minimum absolute atomic E-state index is 0.0715. The van der Waals surface area contributed by atoms with Crippen molar-refractivity contribution in [3.8, 4) is 11.5 Å². The van der Waals surface area contributed by atoms with Crippen molar-refractivity contribution in [2.75, 3.05) is 25.2 Å². The molecule has 1 aliphatic rings. The molecule has 0 bridgehead atoms. The first-order valence-electron chi connectivity index (χ1n) is 9.96. The molecule has 1 saturated heterocycles. The van der Waals surface area contributed by atoms with Crippen LogP contribution in [-0.2, 0) is 4.79 Å². The van der Waals surface area contributed by atoms with E-state index >= 15 is 0 Å². The van der Waals surface area contributed by atoms with Crippen LogP contribution in [0.15, 0.2) is 36.4 Å². The van der Waals surface area contributed by atoms with Gasteiger partial charge in [-0.1, -0.05) is 18.5 Å². The lowest BCUT2D eigenvalue weighted by molar-refractivity contribution is -0.117. The van der Waals surface area contributed by atoms with Gasteiger partial charge in [0, 0.05) is 23.6 Å². The first-order chi connectivity index (χ1) is 14.9. The zero-order valence-electron chi connectivity index (χ0n) is 17.4. The van der Waals surface area contributed by atoms with Crippen LogP contribution in [0.5, 0.6) is 11.5 Å². The molecule has 0 spiro atoms. The Kier molecular flexibility index (Phi) is 7.36. The van der Waals surface area contributed by atoms with Crippen molar-refractivity contribution in [1.29, 1.82) is 0 Å². The molecule has 2 N–H and O–H groups in total. The Morgan fingerprint density at radius 1 is 1.10 bits per heavy atom. The van der Waals surface area contributed by atoms with Gasteiger partial charge in [0.1, 0.15) is 0 Å². The molecule has 3 amide bonds. The summed E-state index contributed by atoms with van der Waals surface area (Å²) in [5, 5.41) is 0.410.